The van der Waals surface area contributed by atoms with Crippen LogP contribution in [0.25, 0.3) is 0 Å². The van der Waals surface area contributed by atoms with Gasteiger partial charge in [-0.25, -0.2) is 9.48 Å². The number of hydrogen-bond acceptors (Lipinski definition) is 5. The van der Waals surface area contributed by atoms with E-state index >= 15 is 0 Å². The number of aromatic nitrogens is 2. The molecule has 10 heteroatoms. The number of halogens is 2. The lowest BCUT2D eigenvalue weighted by Crippen LogP contribution is -2.17. The van der Waals surface area contributed by atoms with Crippen molar-refractivity contribution in [2.24, 2.45) is 0 Å². The number of nitrogens with zero attached hydrogens (tertiary/aromatic N) is 2. The summed E-state index contributed by atoms with van der Waals surface area (Å²) in [6.07, 6.45) is -0.620. The smallest absolute Gasteiger partial charge is 0.411 e. The molecular formula is C22H22Cl2N4O4. The number of anilines is 2. The fourth-order valence-electron chi connectivity index (χ4n) is 2.94. The van der Waals surface area contributed by atoms with Crippen LogP contribution in [0.15, 0.2) is 48.5 Å². The number of carbonyl (C=O) groups is 2. The lowest BCUT2D eigenvalue weighted by Gasteiger charge is -2.09. The number of methoxy groups -OCH3 is 1. The van der Waals surface area contributed by atoms with Gasteiger partial charge < -0.3 is 14.8 Å². The highest BCUT2D eigenvalue weighted by molar-refractivity contribution is 6.34. The molecule has 3 rings (SSSR count). The molecule has 0 aliphatic carbocycles. The quantitative estimate of drug-likeness (QED) is 0.446. The van der Waals surface area contributed by atoms with Gasteiger partial charge in [0.15, 0.2) is 0 Å². The molecule has 32 heavy (non-hydrogen) atoms. The first-order chi connectivity index (χ1) is 15.4. The predicted molar refractivity (Wildman–Crippen MR) is 124 cm³/mol. The second-order valence-electron chi connectivity index (χ2n) is 6.79. The van der Waals surface area contributed by atoms with Gasteiger partial charge in [-0.05, 0) is 36.8 Å². The Morgan fingerprint density at radius 2 is 1.75 bits per heavy atom. The Morgan fingerprint density at radius 1 is 1.03 bits per heavy atom. The molecule has 0 atom stereocenters. The Labute approximate surface area is 195 Å². The monoisotopic (exact) mass is 476 g/mol. The number of nitrogens with one attached hydrogen (secondary N) is 2. The molecule has 1 aromatic heterocycles. The second kappa shape index (κ2) is 11.0. The molecule has 0 fully saturated rings. The maximum atomic E-state index is 12.9. The van der Waals surface area contributed by atoms with Gasteiger partial charge >= 0.3 is 6.09 Å². The van der Waals surface area contributed by atoms with Gasteiger partial charge in [0.05, 0.1) is 24.4 Å². The molecule has 168 valence electrons. The van der Waals surface area contributed by atoms with Crippen LogP contribution in [0.2, 0.25) is 10.2 Å². The Bertz CT molecular complexity index is 1120. The van der Waals surface area contributed by atoms with E-state index in [9.17, 15) is 9.59 Å². The minimum Gasteiger partial charge on any atom is -0.447 e. The summed E-state index contributed by atoms with van der Waals surface area (Å²) in [4.78, 5) is 24.7. The van der Waals surface area contributed by atoms with Crippen LogP contribution in [0.3, 0.4) is 0 Å². The van der Waals surface area contributed by atoms with Crippen LogP contribution in [0.4, 0.5) is 16.2 Å². The maximum Gasteiger partial charge on any atom is 0.411 e. The largest absolute Gasteiger partial charge is 0.447 e. The van der Waals surface area contributed by atoms with E-state index in [-0.39, 0.29) is 17.3 Å². The van der Waals surface area contributed by atoms with Crippen LogP contribution >= 0.6 is 23.2 Å². The molecule has 2 amide bonds. The molecule has 0 aliphatic rings. The van der Waals surface area contributed by atoms with Crippen molar-refractivity contribution in [2.75, 3.05) is 31.0 Å². The van der Waals surface area contributed by atoms with E-state index in [1.54, 1.807) is 37.3 Å². The summed E-state index contributed by atoms with van der Waals surface area (Å²) in [5.74, 6) is -0.419. The van der Waals surface area contributed by atoms with E-state index in [1.165, 1.54) is 11.8 Å². The summed E-state index contributed by atoms with van der Waals surface area (Å²) >= 11 is 12.7. The van der Waals surface area contributed by atoms with Crippen LogP contribution in [0.1, 0.15) is 21.6 Å². The van der Waals surface area contributed by atoms with Gasteiger partial charge in [-0.15, -0.1) is 0 Å². The highest BCUT2D eigenvalue weighted by atomic mass is 35.5. The number of hydrogen-bond donors (Lipinski definition) is 2. The minimum atomic E-state index is -0.620. The van der Waals surface area contributed by atoms with E-state index in [0.717, 1.165) is 5.56 Å². The Morgan fingerprint density at radius 3 is 2.47 bits per heavy atom. The molecular weight excluding hydrogens is 455 g/mol. The highest BCUT2D eigenvalue weighted by Crippen LogP contribution is 2.25. The van der Waals surface area contributed by atoms with Gasteiger partial charge in [-0.3, -0.25) is 10.1 Å². The molecule has 0 radical (unpaired) electrons. The number of rotatable bonds is 8. The Balaban J connectivity index is 1.70. The SMILES string of the molecule is COCCOC(=O)Nc1cccc(NC(=O)c2c(C)nn(Cc3ccccc3Cl)c2Cl)c1. The van der Waals surface area contributed by atoms with E-state index in [2.05, 4.69) is 15.7 Å². The second-order valence-corrected chi connectivity index (χ2v) is 7.55. The highest BCUT2D eigenvalue weighted by Gasteiger charge is 2.21. The molecule has 8 nitrogen and oxygen atoms in total. The zero-order chi connectivity index (χ0) is 23.1. The number of amides is 2. The summed E-state index contributed by atoms with van der Waals surface area (Å²) in [6, 6.07) is 14.0. The van der Waals surface area contributed by atoms with Crippen molar-refractivity contribution in [2.45, 2.75) is 13.5 Å². The Hall–Kier alpha value is -3.07. The van der Waals surface area contributed by atoms with Crippen molar-refractivity contribution in [1.82, 2.24) is 9.78 Å². The predicted octanol–water partition coefficient (Wildman–Crippen LogP) is 4.99. The average Bonchev–Trinajstić information content (AvgIpc) is 3.03. The first kappa shape index (κ1) is 23.6. The van der Waals surface area contributed by atoms with Crippen molar-refractivity contribution in [3.8, 4) is 0 Å². The van der Waals surface area contributed by atoms with Crippen molar-refractivity contribution in [3.05, 3.63) is 75.5 Å². The van der Waals surface area contributed by atoms with Crippen molar-refractivity contribution in [3.63, 3.8) is 0 Å². The zero-order valence-electron chi connectivity index (χ0n) is 17.5. The summed E-state index contributed by atoms with van der Waals surface area (Å²) in [7, 11) is 1.52. The van der Waals surface area contributed by atoms with Crippen molar-refractivity contribution < 1.29 is 19.1 Å². The van der Waals surface area contributed by atoms with Gasteiger partial charge in [0.1, 0.15) is 11.8 Å². The normalized spacial score (nSPS) is 10.6. The molecule has 0 saturated heterocycles. The molecule has 2 N–H and O–H groups in total. The van der Waals surface area contributed by atoms with E-state index in [1.807, 2.05) is 18.2 Å². The third-order valence-corrected chi connectivity index (χ3v) is 5.21. The Kier molecular flexibility index (Phi) is 8.10. The van der Waals surface area contributed by atoms with Crippen molar-refractivity contribution >= 4 is 46.6 Å². The maximum absolute atomic E-state index is 12.9. The van der Waals surface area contributed by atoms with Gasteiger partial charge in [-0.2, -0.15) is 5.10 Å². The fourth-order valence-corrected chi connectivity index (χ4v) is 3.46. The number of ether oxygens (including phenoxy) is 2. The van der Waals surface area contributed by atoms with Gasteiger partial charge in [0.25, 0.3) is 5.91 Å². The molecule has 2 aromatic carbocycles. The number of carbonyl (C=O) groups excluding carboxylic acids is 2. The number of aryl methyl sites for hydroxylation is 1. The third-order valence-electron chi connectivity index (χ3n) is 4.46. The summed E-state index contributed by atoms with van der Waals surface area (Å²) in [5, 5.41) is 10.5. The standard InChI is InChI=1S/C22H22Cl2N4O4/c1-14-19(20(24)28(27-14)13-15-6-3-4-9-18(15)23)21(29)25-16-7-5-8-17(12-16)26-22(30)32-11-10-31-2/h3-9,12H,10-11,13H2,1-2H3,(H,25,29)(H,26,30). The topological polar surface area (TPSA) is 94.5 Å². The molecule has 0 saturated carbocycles. The lowest BCUT2D eigenvalue weighted by atomic mass is 10.2. The van der Waals surface area contributed by atoms with E-state index < -0.39 is 12.0 Å². The summed E-state index contributed by atoms with van der Waals surface area (Å²) in [5.41, 5.74) is 2.51. The zero-order valence-corrected chi connectivity index (χ0v) is 19.0. The molecule has 0 bridgehead atoms. The van der Waals surface area contributed by atoms with E-state index in [0.29, 0.717) is 35.2 Å². The van der Waals surface area contributed by atoms with Crippen LogP contribution in [-0.4, -0.2) is 42.1 Å². The molecule has 0 spiro atoms. The average molecular weight is 477 g/mol. The lowest BCUT2D eigenvalue weighted by molar-refractivity contribution is 0.102. The molecule has 0 aliphatic heterocycles. The van der Waals surface area contributed by atoms with Gasteiger partial charge in [0.2, 0.25) is 0 Å². The first-order valence-corrected chi connectivity index (χ1v) is 10.4. The van der Waals surface area contributed by atoms with Crippen LogP contribution in [0.5, 0.6) is 0 Å². The van der Waals surface area contributed by atoms with Crippen LogP contribution < -0.4 is 10.6 Å². The first-order valence-electron chi connectivity index (χ1n) is 9.69. The third kappa shape index (κ3) is 6.00. The minimum absolute atomic E-state index is 0.134. The van der Waals surface area contributed by atoms with Gasteiger partial charge in [-0.1, -0.05) is 47.5 Å². The van der Waals surface area contributed by atoms with Gasteiger partial charge in [0, 0.05) is 23.5 Å². The molecule has 1 heterocycles. The fraction of sp³-hybridized carbons (Fsp3) is 0.227. The summed E-state index contributed by atoms with van der Waals surface area (Å²) < 4.78 is 11.3. The number of benzene rings is 2. The van der Waals surface area contributed by atoms with E-state index in [4.69, 9.17) is 32.7 Å². The molecule has 3 aromatic rings. The molecule has 0 unspecified atom stereocenters. The van der Waals surface area contributed by atoms with Crippen LogP contribution in [0, 0.1) is 6.92 Å². The van der Waals surface area contributed by atoms with Crippen LogP contribution in [-0.2, 0) is 16.0 Å². The summed E-state index contributed by atoms with van der Waals surface area (Å²) in [6.45, 7) is 2.47. The van der Waals surface area contributed by atoms with Crippen molar-refractivity contribution in [1.29, 1.82) is 0 Å².